The molecular weight excluding hydrogens is 310 g/mol. The van der Waals surface area contributed by atoms with Crippen LogP contribution in [0, 0.1) is 11.3 Å². The molecule has 0 amide bonds. The molecule has 2 aromatic carbocycles. The van der Waals surface area contributed by atoms with Crippen LogP contribution in [0.25, 0.3) is 22.4 Å². The summed E-state index contributed by atoms with van der Waals surface area (Å²) in [5, 5.41) is 9.74. The monoisotopic (exact) mass is 321 g/mol. The minimum Gasteiger partial charge on any atom is -0.382 e. The highest BCUT2D eigenvalue weighted by atomic mass is 35.5. The highest BCUT2D eigenvalue weighted by Crippen LogP contribution is 2.34. The molecular formula is C17H12ClN5. The third-order valence-corrected chi connectivity index (χ3v) is 3.71. The molecule has 0 bridgehead atoms. The lowest BCUT2D eigenvalue weighted by Gasteiger charge is -2.10. The van der Waals surface area contributed by atoms with Crippen LogP contribution in [0.3, 0.4) is 0 Å². The summed E-state index contributed by atoms with van der Waals surface area (Å²) in [6.45, 7) is 0. The second-order valence-corrected chi connectivity index (χ2v) is 5.27. The summed E-state index contributed by atoms with van der Waals surface area (Å²) in [5.74, 6) is 0.0397. The Morgan fingerprint density at radius 1 is 0.957 bits per heavy atom. The van der Waals surface area contributed by atoms with Gasteiger partial charge in [0.05, 0.1) is 10.7 Å². The molecule has 112 valence electrons. The predicted molar refractivity (Wildman–Crippen MR) is 91.5 cm³/mol. The van der Waals surface area contributed by atoms with Crippen molar-refractivity contribution < 1.29 is 0 Å². The highest BCUT2D eigenvalue weighted by molar-refractivity contribution is 6.33. The van der Waals surface area contributed by atoms with E-state index in [1.54, 1.807) is 6.07 Å². The van der Waals surface area contributed by atoms with Crippen LogP contribution in [0.1, 0.15) is 5.56 Å². The maximum Gasteiger partial charge on any atom is 0.222 e. The van der Waals surface area contributed by atoms with Gasteiger partial charge in [-0.2, -0.15) is 10.2 Å². The number of anilines is 2. The van der Waals surface area contributed by atoms with E-state index in [2.05, 4.69) is 9.97 Å². The summed E-state index contributed by atoms with van der Waals surface area (Å²) >= 11 is 6.40. The molecule has 1 aromatic heterocycles. The Kier molecular flexibility index (Phi) is 3.83. The van der Waals surface area contributed by atoms with E-state index in [1.807, 2.05) is 48.5 Å². The number of nitriles is 1. The zero-order chi connectivity index (χ0) is 16.4. The topological polar surface area (TPSA) is 102 Å². The van der Waals surface area contributed by atoms with Crippen LogP contribution < -0.4 is 11.5 Å². The van der Waals surface area contributed by atoms with Crippen LogP contribution in [-0.2, 0) is 0 Å². The van der Waals surface area contributed by atoms with E-state index in [-0.39, 0.29) is 17.3 Å². The molecule has 0 aliphatic heterocycles. The Balaban J connectivity index is 2.15. The summed E-state index contributed by atoms with van der Waals surface area (Å²) in [7, 11) is 0. The van der Waals surface area contributed by atoms with Crippen molar-refractivity contribution >= 4 is 23.4 Å². The third kappa shape index (κ3) is 2.80. The average Bonchev–Trinajstić information content (AvgIpc) is 2.55. The average molecular weight is 322 g/mol. The van der Waals surface area contributed by atoms with Crippen molar-refractivity contribution in [2.75, 3.05) is 11.5 Å². The zero-order valence-electron chi connectivity index (χ0n) is 12.0. The second kappa shape index (κ2) is 5.95. The van der Waals surface area contributed by atoms with Crippen molar-refractivity contribution in [3.05, 3.63) is 59.1 Å². The van der Waals surface area contributed by atoms with Crippen molar-refractivity contribution in [3.63, 3.8) is 0 Å². The summed E-state index contributed by atoms with van der Waals surface area (Å²) < 4.78 is 0. The molecule has 0 saturated carbocycles. The lowest BCUT2D eigenvalue weighted by Crippen LogP contribution is -2.05. The zero-order valence-corrected chi connectivity index (χ0v) is 12.7. The van der Waals surface area contributed by atoms with Gasteiger partial charge in [-0.15, -0.1) is 0 Å². The van der Waals surface area contributed by atoms with Crippen molar-refractivity contribution in [2.45, 2.75) is 0 Å². The second-order valence-electron chi connectivity index (χ2n) is 4.86. The number of benzene rings is 2. The van der Waals surface area contributed by atoms with E-state index in [1.165, 1.54) is 0 Å². The van der Waals surface area contributed by atoms with Gasteiger partial charge in [0.2, 0.25) is 5.95 Å². The molecule has 0 aliphatic carbocycles. The van der Waals surface area contributed by atoms with Crippen molar-refractivity contribution in [1.82, 2.24) is 9.97 Å². The molecule has 3 rings (SSSR count). The van der Waals surface area contributed by atoms with Crippen LogP contribution in [0.2, 0.25) is 5.02 Å². The Morgan fingerprint density at radius 2 is 1.70 bits per heavy atom. The van der Waals surface area contributed by atoms with E-state index >= 15 is 0 Å². The first kappa shape index (κ1) is 14.8. The summed E-state index contributed by atoms with van der Waals surface area (Å²) in [4.78, 5) is 7.92. The van der Waals surface area contributed by atoms with Crippen molar-refractivity contribution in [1.29, 1.82) is 5.26 Å². The van der Waals surface area contributed by atoms with E-state index in [0.717, 1.165) is 11.1 Å². The molecule has 0 aliphatic rings. The van der Waals surface area contributed by atoms with Gasteiger partial charge in [0.15, 0.2) is 0 Å². The standard InChI is InChI=1S/C17H12ClN5/c18-14-8-11(10-4-2-1-3-5-10)6-7-12(14)15-13(9-19)16(20)23-17(21)22-15/h1-8H,(H4,20,21,22,23). The van der Waals surface area contributed by atoms with Crippen molar-refractivity contribution in [3.8, 4) is 28.5 Å². The largest absolute Gasteiger partial charge is 0.382 e. The van der Waals surface area contributed by atoms with Crippen LogP contribution in [0.4, 0.5) is 11.8 Å². The molecule has 6 heteroatoms. The number of hydrogen-bond acceptors (Lipinski definition) is 5. The molecule has 4 N–H and O–H groups in total. The summed E-state index contributed by atoms with van der Waals surface area (Å²) in [6.07, 6.45) is 0. The molecule has 1 heterocycles. The van der Waals surface area contributed by atoms with Gasteiger partial charge in [-0.3, -0.25) is 0 Å². The first-order valence-electron chi connectivity index (χ1n) is 6.78. The fraction of sp³-hybridized carbons (Fsp3) is 0. The number of hydrogen-bond donors (Lipinski definition) is 2. The lowest BCUT2D eigenvalue weighted by molar-refractivity contribution is 1.18. The van der Waals surface area contributed by atoms with Gasteiger partial charge >= 0.3 is 0 Å². The SMILES string of the molecule is N#Cc1c(N)nc(N)nc1-c1ccc(-c2ccccc2)cc1Cl. The Labute approximate surface area is 138 Å². The first-order chi connectivity index (χ1) is 11.1. The van der Waals surface area contributed by atoms with Gasteiger partial charge in [-0.25, -0.2) is 4.98 Å². The molecule has 0 unspecified atom stereocenters. The minimum absolute atomic E-state index is 0.000275. The van der Waals surface area contributed by atoms with Crippen LogP contribution in [0.5, 0.6) is 0 Å². The lowest BCUT2D eigenvalue weighted by atomic mass is 10.0. The quantitative estimate of drug-likeness (QED) is 0.752. The number of nitrogens with two attached hydrogens (primary N) is 2. The highest BCUT2D eigenvalue weighted by Gasteiger charge is 2.16. The maximum absolute atomic E-state index is 9.28. The molecule has 0 atom stereocenters. The molecule has 23 heavy (non-hydrogen) atoms. The van der Waals surface area contributed by atoms with E-state index < -0.39 is 0 Å². The molecule has 0 spiro atoms. The fourth-order valence-electron chi connectivity index (χ4n) is 2.32. The maximum atomic E-state index is 9.28. The van der Waals surface area contributed by atoms with Gasteiger partial charge in [0.25, 0.3) is 0 Å². The smallest absolute Gasteiger partial charge is 0.222 e. The molecule has 0 saturated heterocycles. The van der Waals surface area contributed by atoms with E-state index in [0.29, 0.717) is 16.3 Å². The number of aromatic nitrogens is 2. The van der Waals surface area contributed by atoms with E-state index in [4.69, 9.17) is 23.1 Å². The first-order valence-corrected chi connectivity index (χ1v) is 7.16. The van der Waals surface area contributed by atoms with Crippen LogP contribution in [0.15, 0.2) is 48.5 Å². The predicted octanol–water partition coefficient (Wildman–Crippen LogP) is 3.50. The Bertz CT molecular complexity index is 916. The van der Waals surface area contributed by atoms with Gasteiger partial charge < -0.3 is 11.5 Å². The fourth-order valence-corrected chi connectivity index (χ4v) is 2.59. The van der Waals surface area contributed by atoms with Gasteiger partial charge in [0.1, 0.15) is 17.5 Å². The molecule has 0 radical (unpaired) electrons. The number of nitrogens with zero attached hydrogens (tertiary/aromatic N) is 3. The normalized spacial score (nSPS) is 10.3. The minimum atomic E-state index is -0.000275. The molecule has 3 aromatic rings. The van der Waals surface area contributed by atoms with Crippen LogP contribution in [-0.4, -0.2) is 9.97 Å². The number of rotatable bonds is 2. The Morgan fingerprint density at radius 3 is 2.35 bits per heavy atom. The number of nitrogen functional groups attached to an aromatic ring is 2. The summed E-state index contributed by atoms with van der Waals surface area (Å²) in [6, 6.07) is 17.4. The number of halogens is 1. The van der Waals surface area contributed by atoms with Gasteiger partial charge in [0, 0.05) is 5.56 Å². The summed E-state index contributed by atoms with van der Waals surface area (Å²) in [5.41, 5.74) is 14.5. The van der Waals surface area contributed by atoms with Crippen molar-refractivity contribution in [2.24, 2.45) is 0 Å². The van der Waals surface area contributed by atoms with Gasteiger partial charge in [-0.1, -0.05) is 54.1 Å². The Hall–Kier alpha value is -3.10. The van der Waals surface area contributed by atoms with Crippen LogP contribution >= 0.6 is 11.6 Å². The third-order valence-electron chi connectivity index (χ3n) is 3.40. The molecule has 0 fully saturated rings. The van der Waals surface area contributed by atoms with Gasteiger partial charge in [-0.05, 0) is 17.2 Å². The molecule has 5 nitrogen and oxygen atoms in total. The van der Waals surface area contributed by atoms with E-state index in [9.17, 15) is 5.26 Å².